The molecule has 2 aromatic carbocycles. The Morgan fingerprint density at radius 2 is 1.82 bits per heavy atom. The lowest BCUT2D eigenvalue weighted by molar-refractivity contribution is -0.135. The van der Waals surface area contributed by atoms with Crippen LogP contribution in [0.5, 0.6) is 5.75 Å². The molecule has 0 spiro atoms. The zero-order valence-electron chi connectivity index (χ0n) is 18.4. The second-order valence-electron chi connectivity index (χ2n) is 7.56. The minimum Gasteiger partial charge on any atom is -0.484 e. The van der Waals surface area contributed by atoms with Crippen molar-refractivity contribution in [2.45, 2.75) is 11.8 Å². The van der Waals surface area contributed by atoms with Gasteiger partial charge in [-0.3, -0.25) is 9.59 Å². The number of aryl methyl sites for hydroxylation is 1. The fourth-order valence-corrected chi connectivity index (χ4v) is 5.01. The number of morpholine rings is 1. The number of rotatable bonds is 8. The molecule has 2 amide bonds. The molecule has 0 aliphatic carbocycles. The Bertz CT molecular complexity index is 1100. The van der Waals surface area contributed by atoms with Gasteiger partial charge >= 0.3 is 0 Å². The molecule has 1 aliphatic heterocycles. The van der Waals surface area contributed by atoms with E-state index in [-0.39, 0.29) is 47.8 Å². The lowest BCUT2D eigenvalue weighted by atomic mass is 10.2. The van der Waals surface area contributed by atoms with Crippen molar-refractivity contribution < 1.29 is 27.5 Å². The van der Waals surface area contributed by atoms with Crippen LogP contribution in [0.3, 0.4) is 0 Å². The Hall–Kier alpha value is -2.66. The third-order valence-electron chi connectivity index (χ3n) is 4.99. The summed E-state index contributed by atoms with van der Waals surface area (Å²) in [4.78, 5) is 25.8. The van der Waals surface area contributed by atoms with Crippen LogP contribution in [0.15, 0.2) is 47.4 Å². The molecule has 0 radical (unpaired) electrons. The topological polar surface area (TPSA) is 105 Å². The maximum Gasteiger partial charge on any atom is 0.260 e. The number of carbonyl (C=O) groups is 2. The first-order valence-corrected chi connectivity index (χ1v) is 12.1. The largest absolute Gasteiger partial charge is 0.484 e. The van der Waals surface area contributed by atoms with Crippen molar-refractivity contribution in [3.63, 3.8) is 0 Å². The first kappa shape index (κ1) is 25.0. The van der Waals surface area contributed by atoms with Gasteiger partial charge in [-0.15, -0.1) is 0 Å². The van der Waals surface area contributed by atoms with Crippen LogP contribution in [0.25, 0.3) is 0 Å². The molecule has 0 bridgehead atoms. The molecule has 0 atom stereocenters. The predicted molar refractivity (Wildman–Crippen MR) is 124 cm³/mol. The van der Waals surface area contributed by atoms with E-state index in [1.165, 1.54) is 34.5 Å². The van der Waals surface area contributed by atoms with E-state index in [0.29, 0.717) is 19.0 Å². The maximum atomic E-state index is 12.9. The molecule has 1 heterocycles. The van der Waals surface area contributed by atoms with Gasteiger partial charge in [-0.2, -0.15) is 4.31 Å². The minimum atomic E-state index is -3.83. The summed E-state index contributed by atoms with van der Waals surface area (Å²) < 4.78 is 37.8. The Morgan fingerprint density at radius 1 is 1.15 bits per heavy atom. The first-order valence-electron chi connectivity index (χ1n) is 10.3. The number of nitrogens with zero attached hydrogens (tertiary/aromatic N) is 2. The van der Waals surface area contributed by atoms with Gasteiger partial charge in [0.05, 0.1) is 24.8 Å². The summed E-state index contributed by atoms with van der Waals surface area (Å²) in [6.07, 6.45) is 0. The molecule has 9 nitrogen and oxygen atoms in total. The average molecular weight is 496 g/mol. The zero-order valence-corrected chi connectivity index (χ0v) is 20.0. The first-order chi connectivity index (χ1) is 15.7. The Labute approximate surface area is 198 Å². The van der Waals surface area contributed by atoms with E-state index in [4.69, 9.17) is 21.1 Å². The van der Waals surface area contributed by atoms with Gasteiger partial charge in [0, 0.05) is 25.8 Å². The lowest BCUT2D eigenvalue weighted by Crippen LogP contribution is -2.40. The number of halogens is 1. The molecule has 0 saturated carbocycles. The Kier molecular flexibility index (Phi) is 8.30. The van der Waals surface area contributed by atoms with E-state index in [9.17, 15) is 18.0 Å². The summed E-state index contributed by atoms with van der Waals surface area (Å²) in [5.74, 6) is -0.308. The summed E-state index contributed by atoms with van der Waals surface area (Å²) in [7, 11) is -2.35. The van der Waals surface area contributed by atoms with Crippen LogP contribution in [-0.4, -0.2) is 75.9 Å². The quantitative estimate of drug-likeness (QED) is 0.601. The van der Waals surface area contributed by atoms with Crippen molar-refractivity contribution in [2.24, 2.45) is 0 Å². The smallest absolute Gasteiger partial charge is 0.260 e. The predicted octanol–water partition coefficient (Wildman–Crippen LogP) is 2.15. The monoisotopic (exact) mass is 495 g/mol. The summed E-state index contributed by atoms with van der Waals surface area (Å²) in [5.41, 5.74) is 1.33. The molecule has 3 rings (SSSR count). The highest BCUT2D eigenvalue weighted by molar-refractivity contribution is 7.89. The van der Waals surface area contributed by atoms with Crippen molar-refractivity contribution in [3.8, 4) is 5.75 Å². The Morgan fingerprint density at radius 3 is 2.48 bits per heavy atom. The average Bonchev–Trinajstić information content (AvgIpc) is 2.80. The number of likely N-dealkylation sites (N-methyl/N-ethyl adjacent to an activating group) is 1. The maximum absolute atomic E-state index is 12.9. The van der Waals surface area contributed by atoms with Crippen LogP contribution in [0.2, 0.25) is 5.02 Å². The highest BCUT2D eigenvalue weighted by Crippen LogP contribution is 2.28. The van der Waals surface area contributed by atoms with E-state index in [2.05, 4.69) is 5.32 Å². The van der Waals surface area contributed by atoms with Gasteiger partial charge in [-0.05, 0) is 37.3 Å². The number of hydrogen-bond acceptors (Lipinski definition) is 6. The molecule has 2 aromatic rings. The second-order valence-corrected chi connectivity index (χ2v) is 9.87. The van der Waals surface area contributed by atoms with Crippen LogP contribution < -0.4 is 10.1 Å². The SMILES string of the molecule is Cc1ccc(OCC(=O)N(C)CC(=O)Nc2ccc(Cl)c(S(=O)(=O)N3CCOCC3)c2)cc1. The third-order valence-corrected chi connectivity index (χ3v) is 7.37. The second kappa shape index (κ2) is 11.0. The molecule has 1 aliphatic rings. The molecular weight excluding hydrogens is 470 g/mol. The van der Waals surface area contributed by atoms with Crippen LogP contribution in [0, 0.1) is 6.92 Å². The van der Waals surface area contributed by atoms with Gasteiger partial charge in [0.2, 0.25) is 15.9 Å². The normalized spacial score (nSPS) is 14.5. The number of benzene rings is 2. The number of anilines is 1. The number of nitrogens with one attached hydrogen (secondary N) is 1. The minimum absolute atomic E-state index is 0.0556. The van der Waals surface area contributed by atoms with E-state index in [0.717, 1.165) is 5.56 Å². The Balaban J connectivity index is 1.58. The number of sulfonamides is 1. The summed E-state index contributed by atoms with van der Waals surface area (Å²) in [6.45, 7) is 2.57. The van der Waals surface area contributed by atoms with Gasteiger partial charge < -0.3 is 19.7 Å². The third kappa shape index (κ3) is 6.67. The van der Waals surface area contributed by atoms with E-state index in [1.54, 1.807) is 12.1 Å². The lowest BCUT2D eigenvalue weighted by Gasteiger charge is -2.26. The molecule has 0 aromatic heterocycles. The van der Waals surface area contributed by atoms with Crippen molar-refractivity contribution >= 4 is 39.1 Å². The van der Waals surface area contributed by atoms with Crippen molar-refractivity contribution in [1.29, 1.82) is 0 Å². The van der Waals surface area contributed by atoms with Crippen molar-refractivity contribution in [1.82, 2.24) is 9.21 Å². The van der Waals surface area contributed by atoms with E-state index >= 15 is 0 Å². The van der Waals surface area contributed by atoms with E-state index in [1.807, 2.05) is 19.1 Å². The number of ether oxygens (including phenoxy) is 2. The molecule has 1 N–H and O–H groups in total. The van der Waals surface area contributed by atoms with Crippen molar-refractivity contribution in [2.75, 3.05) is 51.8 Å². The van der Waals surface area contributed by atoms with Crippen molar-refractivity contribution in [3.05, 3.63) is 53.1 Å². The molecule has 1 fully saturated rings. The van der Waals surface area contributed by atoms with Crippen LogP contribution in [0.4, 0.5) is 5.69 Å². The van der Waals surface area contributed by atoms with Gasteiger partial charge in [0.15, 0.2) is 6.61 Å². The molecule has 33 heavy (non-hydrogen) atoms. The van der Waals surface area contributed by atoms with Gasteiger partial charge in [-0.1, -0.05) is 29.3 Å². The standard InChI is InChI=1S/C22H26ClN3O6S/c1-16-3-6-18(7-4-16)32-15-22(28)25(2)14-21(27)24-17-5-8-19(23)20(13-17)33(29,30)26-9-11-31-12-10-26/h3-8,13H,9-12,14-15H2,1-2H3,(H,24,27). The fraction of sp³-hybridized carbons (Fsp3) is 0.364. The number of carbonyl (C=O) groups excluding carboxylic acids is 2. The molecule has 0 unspecified atom stereocenters. The molecule has 11 heteroatoms. The highest BCUT2D eigenvalue weighted by atomic mass is 35.5. The number of amides is 2. The molecule has 1 saturated heterocycles. The van der Waals surface area contributed by atoms with Gasteiger partial charge in [0.1, 0.15) is 10.6 Å². The van der Waals surface area contributed by atoms with E-state index < -0.39 is 15.9 Å². The van der Waals surface area contributed by atoms with Gasteiger partial charge in [0.25, 0.3) is 5.91 Å². The van der Waals surface area contributed by atoms with Crippen LogP contribution >= 0.6 is 11.6 Å². The van der Waals surface area contributed by atoms with Crippen LogP contribution in [0.1, 0.15) is 5.56 Å². The highest BCUT2D eigenvalue weighted by Gasteiger charge is 2.28. The summed E-state index contributed by atoms with van der Waals surface area (Å²) in [5, 5.41) is 2.67. The molecule has 178 valence electrons. The summed E-state index contributed by atoms with van der Waals surface area (Å²) >= 11 is 6.14. The molecular formula is C22H26ClN3O6S. The van der Waals surface area contributed by atoms with Gasteiger partial charge in [-0.25, -0.2) is 8.42 Å². The zero-order chi connectivity index (χ0) is 24.0. The fourth-order valence-electron chi connectivity index (χ4n) is 3.10. The van der Waals surface area contributed by atoms with Crippen LogP contribution in [-0.2, 0) is 24.3 Å². The number of hydrogen-bond donors (Lipinski definition) is 1. The summed E-state index contributed by atoms with van der Waals surface area (Å²) in [6, 6.07) is 11.5.